The molecule has 0 unspecified atom stereocenters. The van der Waals surface area contributed by atoms with Crippen LogP contribution in [-0.2, 0) is 0 Å². The molecule has 0 spiro atoms. The summed E-state index contributed by atoms with van der Waals surface area (Å²) >= 11 is 0. The number of aliphatic imine (C=N–C) groups is 1. The molecule has 12 heavy (non-hydrogen) atoms. The SMILES string of the molecule is Cc1ccc(N2C=NCC2)nn1. The monoisotopic (exact) mass is 162 g/mol. The normalized spacial score (nSPS) is 15.6. The molecule has 4 heteroatoms. The molecule has 4 nitrogen and oxygen atoms in total. The van der Waals surface area contributed by atoms with E-state index in [0.29, 0.717) is 0 Å². The molecule has 1 aliphatic rings. The van der Waals surface area contributed by atoms with Crippen LogP contribution in [0.25, 0.3) is 0 Å². The van der Waals surface area contributed by atoms with Gasteiger partial charge in [-0.25, -0.2) is 0 Å². The second-order valence-electron chi connectivity index (χ2n) is 2.75. The maximum atomic E-state index is 4.10. The summed E-state index contributed by atoms with van der Waals surface area (Å²) in [6.07, 6.45) is 1.80. The Morgan fingerprint density at radius 2 is 2.25 bits per heavy atom. The molecule has 1 aromatic heterocycles. The molecule has 0 N–H and O–H groups in total. The fraction of sp³-hybridized carbons (Fsp3) is 0.375. The van der Waals surface area contributed by atoms with Gasteiger partial charge in [0.25, 0.3) is 0 Å². The van der Waals surface area contributed by atoms with Crippen molar-refractivity contribution in [2.75, 3.05) is 18.0 Å². The van der Waals surface area contributed by atoms with Crippen molar-refractivity contribution >= 4 is 12.2 Å². The Hall–Kier alpha value is -1.45. The van der Waals surface area contributed by atoms with E-state index in [0.717, 1.165) is 24.6 Å². The van der Waals surface area contributed by atoms with Crippen molar-refractivity contribution in [3.8, 4) is 0 Å². The highest BCUT2D eigenvalue weighted by molar-refractivity contribution is 5.78. The van der Waals surface area contributed by atoms with Gasteiger partial charge in [0.15, 0.2) is 5.82 Å². The summed E-state index contributed by atoms with van der Waals surface area (Å²) in [6.45, 7) is 3.70. The zero-order valence-corrected chi connectivity index (χ0v) is 6.94. The second-order valence-corrected chi connectivity index (χ2v) is 2.75. The fourth-order valence-electron chi connectivity index (χ4n) is 1.10. The lowest BCUT2D eigenvalue weighted by molar-refractivity contribution is 0.928. The molecule has 62 valence electrons. The molecule has 2 heterocycles. The fourth-order valence-corrected chi connectivity index (χ4v) is 1.10. The van der Waals surface area contributed by atoms with Gasteiger partial charge in [-0.15, -0.1) is 5.10 Å². The van der Waals surface area contributed by atoms with E-state index >= 15 is 0 Å². The average molecular weight is 162 g/mol. The molecule has 0 aromatic carbocycles. The van der Waals surface area contributed by atoms with Crippen LogP contribution in [0.4, 0.5) is 5.82 Å². The van der Waals surface area contributed by atoms with E-state index in [1.807, 2.05) is 24.0 Å². The summed E-state index contributed by atoms with van der Waals surface area (Å²) < 4.78 is 0. The largest absolute Gasteiger partial charge is 0.314 e. The average Bonchev–Trinajstić information content (AvgIpc) is 2.58. The third-order valence-electron chi connectivity index (χ3n) is 1.77. The van der Waals surface area contributed by atoms with E-state index in [-0.39, 0.29) is 0 Å². The molecule has 2 rings (SSSR count). The first kappa shape index (κ1) is 7.21. The predicted octanol–water partition coefficient (Wildman–Crippen LogP) is 0.633. The minimum atomic E-state index is 0.857. The molecule has 0 bridgehead atoms. The van der Waals surface area contributed by atoms with Crippen LogP contribution in [0.5, 0.6) is 0 Å². The first-order chi connectivity index (χ1) is 5.86. The number of aromatic nitrogens is 2. The molecular weight excluding hydrogens is 152 g/mol. The lowest BCUT2D eigenvalue weighted by Crippen LogP contribution is -2.19. The Kier molecular flexibility index (Phi) is 1.74. The third-order valence-corrected chi connectivity index (χ3v) is 1.77. The quantitative estimate of drug-likeness (QED) is 0.608. The first-order valence-electron chi connectivity index (χ1n) is 3.93. The molecule has 0 saturated heterocycles. The number of anilines is 1. The lowest BCUT2D eigenvalue weighted by atomic mass is 10.4. The van der Waals surface area contributed by atoms with E-state index in [9.17, 15) is 0 Å². The first-order valence-corrected chi connectivity index (χ1v) is 3.93. The highest BCUT2D eigenvalue weighted by atomic mass is 15.3. The summed E-state index contributed by atoms with van der Waals surface area (Å²) in [7, 11) is 0. The number of aryl methyl sites for hydroxylation is 1. The number of hydrogen-bond acceptors (Lipinski definition) is 4. The zero-order valence-electron chi connectivity index (χ0n) is 6.94. The maximum Gasteiger partial charge on any atom is 0.156 e. The van der Waals surface area contributed by atoms with Gasteiger partial charge in [0.1, 0.15) is 0 Å². The van der Waals surface area contributed by atoms with E-state index < -0.39 is 0 Å². The molecule has 0 saturated carbocycles. The van der Waals surface area contributed by atoms with Gasteiger partial charge in [-0.2, -0.15) is 5.10 Å². The van der Waals surface area contributed by atoms with E-state index in [1.54, 1.807) is 6.34 Å². The van der Waals surface area contributed by atoms with Crippen LogP contribution in [0.2, 0.25) is 0 Å². The topological polar surface area (TPSA) is 41.4 Å². The Balaban J connectivity index is 2.23. The van der Waals surface area contributed by atoms with E-state index in [1.165, 1.54) is 0 Å². The molecule has 1 aromatic rings. The minimum Gasteiger partial charge on any atom is -0.314 e. The zero-order chi connectivity index (χ0) is 8.39. The van der Waals surface area contributed by atoms with Gasteiger partial charge in [0, 0.05) is 6.54 Å². The van der Waals surface area contributed by atoms with Crippen LogP contribution in [0.3, 0.4) is 0 Å². The van der Waals surface area contributed by atoms with Crippen molar-refractivity contribution in [3.63, 3.8) is 0 Å². The number of rotatable bonds is 1. The Bertz CT molecular complexity index is 290. The van der Waals surface area contributed by atoms with Gasteiger partial charge in [0.05, 0.1) is 18.6 Å². The highest BCUT2D eigenvalue weighted by Crippen LogP contribution is 2.09. The molecule has 0 fully saturated rings. The summed E-state index contributed by atoms with van der Waals surface area (Å²) in [6, 6.07) is 3.91. The van der Waals surface area contributed by atoms with Crippen molar-refractivity contribution in [3.05, 3.63) is 17.8 Å². The lowest BCUT2D eigenvalue weighted by Gasteiger charge is -2.10. The standard InChI is InChI=1S/C8H10N4/c1-7-2-3-8(11-10-7)12-5-4-9-6-12/h2-3,6H,4-5H2,1H3. The third kappa shape index (κ3) is 1.28. The summed E-state index contributed by atoms with van der Waals surface area (Å²) in [4.78, 5) is 6.09. The molecule has 0 atom stereocenters. The van der Waals surface area contributed by atoms with Crippen LogP contribution in [-0.4, -0.2) is 29.6 Å². The molecule has 0 radical (unpaired) electrons. The van der Waals surface area contributed by atoms with Crippen molar-refractivity contribution in [2.24, 2.45) is 4.99 Å². The van der Waals surface area contributed by atoms with Crippen molar-refractivity contribution in [1.82, 2.24) is 10.2 Å². The van der Waals surface area contributed by atoms with Gasteiger partial charge in [-0.3, -0.25) is 4.99 Å². The Labute approximate surface area is 70.9 Å². The van der Waals surface area contributed by atoms with Gasteiger partial charge < -0.3 is 4.90 Å². The number of hydrogen-bond donors (Lipinski definition) is 0. The summed E-state index contributed by atoms with van der Waals surface area (Å²) in [5.74, 6) is 0.877. The second kappa shape index (κ2) is 2.89. The maximum absolute atomic E-state index is 4.10. The van der Waals surface area contributed by atoms with E-state index in [2.05, 4.69) is 15.2 Å². The van der Waals surface area contributed by atoms with Crippen molar-refractivity contribution in [2.45, 2.75) is 6.92 Å². The van der Waals surface area contributed by atoms with Crippen LogP contribution >= 0.6 is 0 Å². The van der Waals surface area contributed by atoms with E-state index in [4.69, 9.17) is 0 Å². The van der Waals surface area contributed by atoms with Crippen LogP contribution < -0.4 is 4.90 Å². The Morgan fingerprint density at radius 1 is 1.33 bits per heavy atom. The summed E-state index contributed by atoms with van der Waals surface area (Å²) in [5.41, 5.74) is 0.940. The predicted molar refractivity (Wildman–Crippen MR) is 47.5 cm³/mol. The smallest absolute Gasteiger partial charge is 0.156 e. The van der Waals surface area contributed by atoms with Crippen molar-refractivity contribution in [1.29, 1.82) is 0 Å². The minimum absolute atomic E-state index is 0.857. The summed E-state index contributed by atoms with van der Waals surface area (Å²) in [5, 5.41) is 8.02. The highest BCUT2D eigenvalue weighted by Gasteiger charge is 2.08. The molecular formula is C8H10N4. The van der Waals surface area contributed by atoms with Crippen LogP contribution in [0.15, 0.2) is 17.1 Å². The van der Waals surface area contributed by atoms with Gasteiger partial charge in [-0.05, 0) is 19.1 Å². The molecule has 1 aliphatic heterocycles. The van der Waals surface area contributed by atoms with Crippen LogP contribution in [0.1, 0.15) is 5.69 Å². The van der Waals surface area contributed by atoms with Crippen molar-refractivity contribution < 1.29 is 0 Å². The Morgan fingerprint density at radius 3 is 2.83 bits per heavy atom. The van der Waals surface area contributed by atoms with Gasteiger partial charge >= 0.3 is 0 Å². The molecule has 0 aliphatic carbocycles. The number of nitrogens with zero attached hydrogens (tertiary/aromatic N) is 4. The molecule has 0 amide bonds. The van der Waals surface area contributed by atoms with Crippen LogP contribution in [0, 0.1) is 6.92 Å². The van der Waals surface area contributed by atoms with Gasteiger partial charge in [-0.1, -0.05) is 0 Å². The van der Waals surface area contributed by atoms with Gasteiger partial charge in [0.2, 0.25) is 0 Å².